The number of imidazole rings is 1. The molecule has 0 saturated heterocycles. The van der Waals surface area contributed by atoms with Crippen molar-refractivity contribution in [1.29, 1.82) is 0 Å². The molecule has 2 rings (SSSR count). The average molecular weight is 275 g/mol. The molecule has 0 saturated carbocycles. The van der Waals surface area contributed by atoms with E-state index in [1.165, 1.54) is 10.8 Å². The Morgan fingerprint density at radius 2 is 2.16 bits per heavy atom. The number of halogens is 3. The van der Waals surface area contributed by atoms with Crippen LogP contribution in [0.4, 0.5) is 13.2 Å². The van der Waals surface area contributed by atoms with Gasteiger partial charge in [0.2, 0.25) is 5.69 Å². The van der Waals surface area contributed by atoms with Crippen molar-refractivity contribution in [3.8, 4) is 0 Å². The van der Waals surface area contributed by atoms with E-state index in [1.54, 1.807) is 13.2 Å². The van der Waals surface area contributed by atoms with Crippen LogP contribution in [0.25, 0.3) is 0 Å². The van der Waals surface area contributed by atoms with Gasteiger partial charge in [-0.15, -0.1) is 5.10 Å². The van der Waals surface area contributed by atoms with Crippen LogP contribution >= 0.6 is 0 Å². The average Bonchev–Trinajstić information content (AvgIpc) is 2.85. The Labute approximate surface area is 104 Å². The smallest absolute Gasteiger partial charge is 0.435 e. The quantitative estimate of drug-likeness (QED) is 0.894. The molecule has 0 aromatic carbocycles. The zero-order chi connectivity index (χ0) is 14.2. The summed E-state index contributed by atoms with van der Waals surface area (Å²) in [4.78, 5) is 14.6. The maximum atomic E-state index is 12.8. The number of alkyl halides is 3. The highest BCUT2D eigenvalue weighted by Gasteiger charge is 2.41. The minimum absolute atomic E-state index is 0.298. The monoisotopic (exact) mass is 275 g/mol. The molecule has 2 aromatic rings. The summed E-state index contributed by atoms with van der Waals surface area (Å²) in [6.45, 7) is -0.321. The van der Waals surface area contributed by atoms with Gasteiger partial charge in [-0.05, 0) is 0 Å². The first-order chi connectivity index (χ1) is 8.80. The number of rotatable bonds is 3. The van der Waals surface area contributed by atoms with Crippen molar-refractivity contribution in [2.24, 2.45) is 7.05 Å². The predicted molar refractivity (Wildman–Crippen MR) is 54.3 cm³/mol. The number of carboxylic acids is 1. The summed E-state index contributed by atoms with van der Waals surface area (Å²) in [5.41, 5.74) is -2.52. The lowest BCUT2D eigenvalue weighted by atomic mass is 10.3. The normalized spacial score (nSPS) is 11.8. The highest BCUT2D eigenvalue weighted by Crippen LogP contribution is 2.31. The Morgan fingerprint density at radius 3 is 2.63 bits per heavy atom. The van der Waals surface area contributed by atoms with Gasteiger partial charge in [0.15, 0.2) is 5.69 Å². The molecule has 0 aliphatic rings. The molecule has 0 amide bonds. The van der Waals surface area contributed by atoms with E-state index in [0.717, 1.165) is 0 Å². The molecule has 0 atom stereocenters. The topological polar surface area (TPSA) is 85.8 Å². The van der Waals surface area contributed by atoms with Gasteiger partial charge in [0.05, 0.1) is 0 Å². The minimum Gasteiger partial charge on any atom is -0.476 e. The van der Waals surface area contributed by atoms with Crippen molar-refractivity contribution in [1.82, 2.24) is 24.5 Å². The van der Waals surface area contributed by atoms with Crippen molar-refractivity contribution in [2.45, 2.75) is 12.7 Å². The number of aryl methyl sites for hydroxylation is 1. The van der Waals surface area contributed by atoms with Crippen LogP contribution in [-0.2, 0) is 19.8 Å². The Hall–Kier alpha value is -2.39. The summed E-state index contributed by atoms with van der Waals surface area (Å²) in [5, 5.41) is 15.0. The summed E-state index contributed by atoms with van der Waals surface area (Å²) in [7, 11) is 1.60. The molecule has 7 nitrogen and oxygen atoms in total. The highest BCUT2D eigenvalue weighted by molar-refractivity contribution is 5.86. The molecule has 0 aliphatic carbocycles. The fourth-order valence-corrected chi connectivity index (χ4v) is 1.53. The molecule has 0 radical (unpaired) electrons. The largest absolute Gasteiger partial charge is 0.476 e. The van der Waals surface area contributed by atoms with Crippen molar-refractivity contribution in [3.63, 3.8) is 0 Å². The van der Waals surface area contributed by atoms with Crippen LogP contribution in [0.3, 0.4) is 0 Å². The van der Waals surface area contributed by atoms with Gasteiger partial charge in [0.25, 0.3) is 0 Å². The summed E-state index contributed by atoms with van der Waals surface area (Å²) in [6, 6.07) is 0. The number of aromatic carboxylic acids is 1. The van der Waals surface area contributed by atoms with Gasteiger partial charge in [0.1, 0.15) is 12.4 Å². The molecular formula is C9H8F3N5O2. The Bertz CT molecular complexity index is 616. The van der Waals surface area contributed by atoms with Gasteiger partial charge in [0, 0.05) is 19.4 Å². The van der Waals surface area contributed by atoms with Crippen LogP contribution in [0.2, 0.25) is 0 Å². The molecule has 1 N–H and O–H groups in total. The van der Waals surface area contributed by atoms with E-state index in [9.17, 15) is 18.0 Å². The zero-order valence-electron chi connectivity index (χ0n) is 9.59. The first-order valence-corrected chi connectivity index (χ1v) is 5.01. The molecule has 102 valence electrons. The lowest BCUT2D eigenvalue weighted by Gasteiger charge is -2.09. The molecule has 19 heavy (non-hydrogen) atoms. The maximum Gasteiger partial charge on any atom is 0.435 e. The molecule has 0 bridgehead atoms. The molecule has 2 aromatic heterocycles. The van der Waals surface area contributed by atoms with Crippen molar-refractivity contribution >= 4 is 5.97 Å². The molecule has 2 heterocycles. The highest BCUT2D eigenvalue weighted by atomic mass is 19.4. The SMILES string of the molecule is Cn1ccnc1Cn1nnc(C(=O)O)c1C(F)(F)F. The van der Waals surface area contributed by atoms with Crippen LogP contribution in [-0.4, -0.2) is 35.6 Å². The van der Waals surface area contributed by atoms with Gasteiger partial charge in [-0.1, -0.05) is 5.21 Å². The number of carbonyl (C=O) groups is 1. The fraction of sp³-hybridized carbons (Fsp3) is 0.333. The van der Waals surface area contributed by atoms with E-state index in [0.29, 0.717) is 10.5 Å². The second kappa shape index (κ2) is 4.37. The number of hydrogen-bond acceptors (Lipinski definition) is 4. The minimum atomic E-state index is -4.86. The zero-order valence-corrected chi connectivity index (χ0v) is 9.59. The molecular weight excluding hydrogens is 267 g/mol. The summed E-state index contributed by atoms with van der Waals surface area (Å²) >= 11 is 0. The third kappa shape index (κ3) is 2.41. The number of hydrogen-bond donors (Lipinski definition) is 1. The van der Waals surface area contributed by atoms with E-state index in [2.05, 4.69) is 15.3 Å². The van der Waals surface area contributed by atoms with Crippen molar-refractivity contribution in [3.05, 3.63) is 29.6 Å². The lowest BCUT2D eigenvalue weighted by molar-refractivity contribution is -0.144. The molecule has 0 spiro atoms. The predicted octanol–water partition coefficient (Wildman–Crippen LogP) is 0.777. The van der Waals surface area contributed by atoms with Gasteiger partial charge in [-0.2, -0.15) is 13.2 Å². The maximum absolute atomic E-state index is 12.8. The van der Waals surface area contributed by atoms with E-state index in [4.69, 9.17) is 5.11 Å². The van der Waals surface area contributed by atoms with E-state index in [-0.39, 0.29) is 6.54 Å². The van der Waals surface area contributed by atoms with Gasteiger partial charge in [-0.25, -0.2) is 14.5 Å². The number of carboxylic acid groups (broad SMARTS) is 1. The Morgan fingerprint density at radius 1 is 1.47 bits per heavy atom. The van der Waals surface area contributed by atoms with E-state index < -0.39 is 23.5 Å². The van der Waals surface area contributed by atoms with Gasteiger partial charge < -0.3 is 9.67 Å². The third-order valence-electron chi connectivity index (χ3n) is 2.42. The van der Waals surface area contributed by atoms with E-state index >= 15 is 0 Å². The van der Waals surface area contributed by atoms with Crippen LogP contribution in [0.5, 0.6) is 0 Å². The van der Waals surface area contributed by atoms with Crippen molar-refractivity contribution < 1.29 is 23.1 Å². The van der Waals surface area contributed by atoms with Crippen LogP contribution in [0.15, 0.2) is 12.4 Å². The van der Waals surface area contributed by atoms with Crippen LogP contribution in [0, 0.1) is 0 Å². The number of aromatic nitrogens is 5. The number of nitrogens with zero attached hydrogens (tertiary/aromatic N) is 5. The van der Waals surface area contributed by atoms with Crippen LogP contribution in [0.1, 0.15) is 22.0 Å². The fourth-order valence-electron chi connectivity index (χ4n) is 1.53. The molecule has 0 fully saturated rings. The second-order valence-corrected chi connectivity index (χ2v) is 3.70. The third-order valence-corrected chi connectivity index (χ3v) is 2.42. The van der Waals surface area contributed by atoms with Gasteiger partial charge >= 0.3 is 12.1 Å². The molecule has 10 heteroatoms. The van der Waals surface area contributed by atoms with Crippen LogP contribution < -0.4 is 0 Å². The Kier molecular flexibility index (Phi) is 3.00. The first kappa shape index (κ1) is 13.1. The lowest BCUT2D eigenvalue weighted by Crippen LogP contribution is -2.20. The van der Waals surface area contributed by atoms with Crippen molar-refractivity contribution in [2.75, 3.05) is 0 Å². The summed E-state index contributed by atoms with van der Waals surface area (Å²) < 4.78 is 40.5. The second-order valence-electron chi connectivity index (χ2n) is 3.70. The summed E-state index contributed by atoms with van der Waals surface area (Å²) in [6.07, 6.45) is -1.89. The summed E-state index contributed by atoms with van der Waals surface area (Å²) in [5.74, 6) is -1.48. The molecule has 0 unspecified atom stereocenters. The first-order valence-electron chi connectivity index (χ1n) is 5.01. The standard InChI is InChI=1S/C9H8F3N5O2/c1-16-3-2-13-5(16)4-17-7(9(10,11)12)6(8(18)19)14-15-17/h2-3H,4H2,1H3,(H,18,19). The molecule has 0 aliphatic heterocycles. The van der Waals surface area contributed by atoms with Gasteiger partial charge in [-0.3, -0.25) is 0 Å². The van der Waals surface area contributed by atoms with E-state index in [1.807, 2.05) is 0 Å². The Balaban J connectivity index is 2.47.